The normalized spacial score (nSPS) is 10.2. The number of hydrogen-bond acceptors (Lipinski definition) is 4. The molecule has 2 aromatic rings. The number of aliphatic hydroxyl groups excluding tert-OH is 1. The van der Waals surface area contributed by atoms with Crippen molar-refractivity contribution in [1.29, 1.82) is 0 Å². The van der Waals surface area contributed by atoms with Crippen LogP contribution in [0.2, 0.25) is 4.34 Å². The van der Waals surface area contributed by atoms with Crippen molar-refractivity contribution in [1.82, 2.24) is 4.98 Å². The Morgan fingerprint density at radius 1 is 1.47 bits per heavy atom. The number of aromatic nitrogens is 1. The highest BCUT2D eigenvalue weighted by Gasteiger charge is 2.08. The molecule has 0 radical (unpaired) electrons. The molecule has 2 heterocycles. The lowest BCUT2D eigenvalue weighted by Crippen LogP contribution is -2.11. The largest absolute Gasteiger partial charge is 0.390 e. The van der Waals surface area contributed by atoms with Gasteiger partial charge in [0.2, 0.25) is 0 Å². The summed E-state index contributed by atoms with van der Waals surface area (Å²) in [5.41, 5.74) is 0.912. The number of carbonyl (C=O) groups is 1. The van der Waals surface area contributed by atoms with Crippen molar-refractivity contribution in [3.05, 3.63) is 46.1 Å². The van der Waals surface area contributed by atoms with Crippen LogP contribution in [0.1, 0.15) is 16.1 Å². The van der Waals surface area contributed by atoms with Gasteiger partial charge in [0.25, 0.3) is 5.91 Å². The minimum atomic E-state index is -0.249. The summed E-state index contributed by atoms with van der Waals surface area (Å²) in [4.78, 5) is 15.7. The number of nitrogens with zero attached hydrogens (tertiary/aromatic N) is 1. The minimum Gasteiger partial charge on any atom is -0.390 e. The van der Waals surface area contributed by atoms with E-state index in [1.807, 2.05) is 0 Å². The van der Waals surface area contributed by atoms with E-state index in [4.69, 9.17) is 16.7 Å². The summed E-state index contributed by atoms with van der Waals surface area (Å²) < 4.78 is 0.617. The van der Waals surface area contributed by atoms with Crippen LogP contribution in [0.4, 0.5) is 5.00 Å². The first kappa shape index (κ1) is 12.0. The average molecular weight is 269 g/mol. The first-order valence-corrected chi connectivity index (χ1v) is 6.01. The third kappa shape index (κ3) is 3.03. The number of thiophene rings is 1. The molecule has 0 saturated heterocycles. The number of rotatable bonds is 3. The SMILES string of the molecule is O=C(Nc1ccc(Cl)s1)c1ccnc(CO)c1. The number of hydrogen-bond donors (Lipinski definition) is 2. The summed E-state index contributed by atoms with van der Waals surface area (Å²) in [6, 6.07) is 6.58. The lowest BCUT2D eigenvalue weighted by Gasteiger charge is -2.03. The lowest BCUT2D eigenvalue weighted by molar-refractivity contribution is 0.102. The molecular formula is C11H9ClN2O2S. The zero-order valence-corrected chi connectivity index (χ0v) is 10.3. The van der Waals surface area contributed by atoms with Crippen molar-refractivity contribution >= 4 is 33.8 Å². The number of pyridine rings is 1. The topological polar surface area (TPSA) is 62.2 Å². The smallest absolute Gasteiger partial charge is 0.256 e. The molecule has 0 unspecified atom stereocenters. The molecule has 0 aliphatic rings. The third-order valence-corrected chi connectivity index (χ3v) is 3.20. The maximum atomic E-state index is 11.8. The number of anilines is 1. The Morgan fingerprint density at radius 3 is 2.94 bits per heavy atom. The van der Waals surface area contributed by atoms with Crippen LogP contribution < -0.4 is 5.32 Å². The summed E-state index contributed by atoms with van der Waals surface area (Å²) in [6.07, 6.45) is 1.49. The van der Waals surface area contributed by atoms with Gasteiger partial charge in [0.1, 0.15) is 0 Å². The van der Waals surface area contributed by atoms with Gasteiger partial charge in [0, 0.05) is 11.8 Å². The molecule has 0 aliphatic heterocycles. The summed E-state index contributed by atoms with van der Waals surface area (Å²) in [7, 11) is 0. The van der Waals surface area contributed by atoms with E-state index in [0.29, 0.717) is 20.6 Å². The third-order valence-electron chi connectivity index (χ3n) is 2.05. The van der Waals surface area contributed by atoms with E-state index in [9.17, 15) is 4.79 Å². The molecule has 0 saturated carbocycles. The number of carbonyl (C=O) groups excluding carboxylic acids is 1. The van der Waals surface area contributed by atoms with E-state index < -0.39 is 0 Å². The number of halogens is 1. The first-order valence-electron chi connectivity index (χ1n) is 4.81. The van der Waals surface area contributed by atoms with Gasteiger partial charge in [-0.3, -0.25) is 9.78 Å². The molecule has 0 aliphatic carbocycles. The maximum Gasteiger partial charge on any atom is 0.256 e. The highest BCUT2D eigenvalue weighted by atomic mass is 35.5. The summed E-state index contributed by atoms with van der Waals surface area (Å²) in [5, 5.41) is 12.3. The van der Waals surface area contributed by atoms with E-state index in [1.165, 1.54) is 17.5 Å². The Kier molecular flexibility index (Phi) is 3.73. The van der Waals surface area contributed by atoms with Crippen LogP contribution in [0.15, 0.2) is 30.5 Å². The van der Waals surface area contributed by atoms with Crippen molar-refractivity contribution in [2.45, 2.75) is 6.61 Å². The Bertz CT molecular complexity index is 542. The van der Waals surface area contributed by atoms with Crippen LogP contribution in [0, 0.1) is 0 Å². The monoisotopic (exact) mass is 268 g/mol. The van der Waals surface area contributed by atoms with Crippen LogP contribution in [0.25, 0.3) is 0 Å². The van der Waals surface area contributed by atoms with E-state index in [-0.39, 0.29) is 12.5 Å². The van der Waals surface area contributed by atoms with Gasteiger partial charge in [-0.05, 0) is 24.3 Å². The highest BCUT2D eigenvalue weighted by molar-refractivity contribution is 7.20. The van der Waals surface area contributed by atoms with Crippen LogP contribution in [-0.2, 0) is 6.61 Å². The molecule has 4 nitrogen and oxygen atoms in total. The van der Waals surface area contributed by atoms with Crippen molar-refractivity contribution in [2.24, 2.45) is 0 Å². The fourth-order valence-corrected chi connectivity index (χ4v) is 2.21. The fraction of sp³-hybridized carbons (Fsp3) is 0.0909. The quantitative estimate of drug-likeness (QED) is 0.899. The molecule has 0 fully saturated rings. The molecule has 0 bridgehead atoms. The van der Waals surface area contributed by atoms with Crippen LogP contribution in [0.3, 0.4) is 0 Å². The molecule has 0 aromatic carbocycles. The highest BCUT2D eigenvalue weighted by Crippen LogP contribution is 2.26. The molecule has 2 N–H and O–H groups in total. The Balaban J connectivity index is 2.14. The number of aliphatic hydroxyl groups is 1. The molecule has 17 heavy (non-hydrogen) atoms. The molecule has 88 valence electrons. The van der Waals surface area contributed by atoms with Crippen LogP contribution in [0.5, 0.6) is 0 Å². The van der Waals surface area contributed by atoms with Gasteiger partial charge in [-0.25, -0.2) is 0 Å². The van der Waals surface area contributed by atoms with E-state index in [0.717, 1.165) is 0 Å². The van der Waals surface area contributed by atoms with Crippen molar-refractivity contribution in [2.75, 3.05) is 5.32 Å². The second-order valence-corrected chi connectivity index (χ2v) is 4.97. The van der Waals surface area contributed by atoms with Crippen molar-refractivity contribution < 1.29 is 9.90 Å². The van der Waals surface area contributed by atoms with Crippen LogP contribution >= 0.6 is 22.9 Å². The summed E-state index contributed by atoms with van der Waals surface area (Å²) >= 11 is 7.05. The molecule has 1 amide bonds. The summed E-state index contributed by atoms with van der Waals surface area (Å²) in [6.45, 7) is -0.189. The van der Waals surface area contributed by atoms with Gasteiger partial charge in [-0.15, -0.1) is 11.3 Å². The first-order chi connectivity index (χ1) is 8.19. The Labute approximate surface area is 107 Å². The predicted molar refractivity (Wildman–Crippen MR) is 67.4 cm³/mol. The second kappa shape index (κ2) is 5.27. The van der Waals surface area contributed by atoms with Gasteiger partial charge < -0.3 is 10.4 Å². The maximum absolute atomic E-state index is 11.8. The van der Waals surface area contributed by atoms with E-state index in [2.05, 4.69) is 10.3 Å². The zero-order valence-electron chi connectivity index (χ0n) is 8.68. The fourth-order valence-electron chi connectivity index (χ4n) is 1.27. The van der Waals surface area contributed by atoms with Gasteiger partial charge >= 0.3 is 0 Å². The number of nitrogens with one attached hydrogen (secondary N) is 1. The van der Waals surface area contributed by atoms with Gasteiger partial charge in [-0.2, -0.15) is 0 Å². The second-order valence-electron chi connectivity index (χ2n) is 3.25. The van der Waals surface area contributed by atoms with Gasteiger partial charge in [0.15, 0.2) is 0 Å². The van der Waals surface area contributed by atoms with Crippen molar-refractivity contribution in [3.63, 3.8) is 0 Å². The predicted octanol–water partition coefficient (Wildman–Crippen LogP) is 2.54. The molecule has 0 spiro atoms. The molecular weight excluding hydrogens is 260 g/mol. The lowest BCUT2D eigenvalue weighted by atomic mass is 10.2. The molecule has 0 atom stereocenters. The number of amides is 1. The van der Waals surface area contributed by atoms with E-state index in [1.54, 1.807) is 24.3 Å². The molecule has 6 heteroatoms. The van der Waals surface area contributed by atoms with Gasteiger partial charge in [0.05, 0.1) is 21.6 Å². The average Bonchev–Trinajstić information content (AvgIpc) is 2.75. The Hall–Kier alpha value is -1.43. The molecule has 2 rings (SSSR count). The minimum absolute atomic E-state index is 0.189. The Morgan fingerprint density at radius 2 is 2.29 bits per heavy atom. The summed E-state index contributed by atoms with van der Waals surface area (Å²) in [5.74, 6) is -0.249. The van der Waals surface area contributed by atoms with E-state index >= 15 is 0 Å². The molecule has 2 aromatic heterocycles. The van der Waals surface area contributed by atoms with Crippen LogP contribution in [-0.4, -0.2) is 16.0 Å². The van der Waals surface area contributed by atoms with Gasteiger partial charge in [-0.1, -0.05) is 11.6 Å². The zero-order chi connectivity index (χ0) is 12.3. The van der Waals surface area contributed by atoms with Crippen molar-refractivity contribution in [3.8, 4) is 0 Å². The standard InChI is InChI=1S/C11H9ClN2O2S/c12-9-1-2-10(17-9)14-11(16)7-3-4-13-8(5-7)6-15/h1-5,15H,6H2,(H,14,16).